The summed E-state index contributed by atoms with van der Waals surface area (Å²) in [7, 11) is 3.35. The molecule has 0 radical (unpaired) electrons. The van der Waals surface area contributed by atoms with Crippen molar-refractivity contribution in [2.45, 2.75) is 25.9 Å². The number of nitrogens with zero attached hydrogens (tertiary/aromatic N) is 1. The SMILES string of the molecule is COc1ccc(OC)c(CN2CCC(C(=O)NCc3ccccc3Cl)CC2)c1. The number of hydrogen-bond donors (Lipinski definition) is 1. The van der Waals surface area contributed by atoms with Crippen LogP contribution in [0.3, 0.4) is 0 Å². The zero-order chi connectivity index (χ0) is 19.9. The Morgan fingerprint density at radius 2 is 1.86 bits per heavy atom. The highest BCUT2D eigenvalue weighted by molar-refractivity contribution is 6.31. The lowest BCUT2D eigenvalue weighted by atomic mass is 9.95. The molecule has 0 bridgehead atoms. The summed E-state index contributed by atoms with van der Waals surface area (Å²) in [6.45, 7) is 3.02. The summed E-state index contributed by atoms with van der Waals surface area (Å²) in [6, 6.07) is 13.4. The molecule has 2 aromatic carbocycles. The molecule has 1 heterocycles. The number of nitrogens with one attached hydrogen (secondary N) is 1. The van der Waals surface area contributed by atoms with Crippen LogP contribution in [0.5, 0.6) is 11.5 Å². The summed E-state index contributed by atoms with van der Waals surface area (Å²) in [4.78, 5) is 14.9. The van der Waals surface area contributed by atoms with Crippen LogP contribution < -0.4 is 14.8 Å². The van der Waals surface area contributed by atoms with Crippen LogP contribution in [0.1, 0.15) is 24.0 Å². The minimum absolute atomic E-state index is 0.0472. The van der Waals surface area contributed by atoms with Gasteiger partial charge in [0.05, 0.1) is 14.2 Å². The first kappa shape index (κ1) is 20.5. The summed E-state index contributed by atoms with van der Waals surface area (Å²) >= 11 is 6.16. The summed E-state index contributed by atoms with van der Waals surface area (Å²) in [5.41, 5.74) is 2.04. The van der Waals surface area contributed by atoms with E-state index >= 15 is 0 Å². The molecule has 0 spiro atoms. The van der Waals surface area contributed by atoms with Gasteiger partial charge in [0, 0.05) is 29.6 Å². The fourth-order valence-corrected chi connectivity index (χ4v) is 3.77. The molecular formula is C22H27ClN2O3. The summed E-state index contributed by atoms with van der Waals surface area (Å²) in [6.07, 6.45) is 1.70. The normalized spacial score (nSPS) is 15.2. The van der Waals surface area contributed by atoms with Gasteiger partial charge in [-0.1, -0.05) is 29.8 Å². The lowest BCUT2D eigenvalue weighted by molar-refractivity contribution is -0.126. The molecule has 150 valence electrons. The van der Waals surface area contributed by atoms with Gasteiger partial charge in [0.1, 0.15) is 11.5 Å². The lowest BCUT2D eigenvalue weighted by Crippen LogP contribution is -2.40. The van der Waals surface area contributed by atoms with E-state index in [0.717, 1.165) is 55.1 Å². The largest absolute Gasteiger partial charge is 0.497 e. The molecule has 1 N–H and O–H groups in total. The van der Waals surface area contributed by atoms with Gasteiger partial charge < -0.3 is 14.8 Å². The van der Waals surface area contributed by atoms with Crippen LogP contribution in [0, 0.1) is 5.92 Å². The molecule has 28 heavy (non-hydrogen) atoms. The number of ether oxygens (including phenoxy) is 2. The first-order valence-electron chi connectivity index (χ1n) is 9.55. The zero-order valence-electron chi connectivity index (χ0n) is 16.4. The van der Waals surface area contributed by atoms with Crippen molar-refractivity contribution in [1.29, 1.82) is 0 Å². The first-order chi connectivity index (χ1) is 13.6. The molecule has 2 aromatic rings. The maximum Gasteiger partial charge on any atom is 0.223 e. The zero-order valence-corrected chi connectivity index (χ0v) is 17.2. The molecule has 0 unspecified atom stereocenters. The van der Waals surface area contributed by atoms with Crippen molar-refractivity contribution >= 4 is 17.5 Å². The number of benzene rings is 2. The van der Waals surface area contributed by atoms with Gasteiger partial charge in [0.25, 0.3) is 0 Å². The Labute approximate surface area is 171 Å². The second-order valence-electron chi connectivity index (χ2n) is 7.04. The molecule has 0 aromatic heterocycles. The van der Waals surface area contributed by atoms with Gasteiger partial charge in [-0.25, -0.2) is 0 Å². The van der Waals surface area contributed by atoms with Gasteiger partial charge in [-0.2, -0.15) is 0 Å². The van der Waals surface area contributed by atoms with Crippen LogP contribution in [0.25, 0.3) is 0 Å². The predicted octanol–water partition coefficient (Wildman–Crippen LogP) is 3.89. The van der Waals surface area contributed by atoms with Gasteiger partial charge in [-0.05, 0) is 55.8 Å². The molecule has 1 saturated heterocycles. The third kappa shape index (κ3) is 5.18. The van der Waals surface area contributed by atoms with Crippen LogP contribution in [0.15, 0.2) is 42.5 Å². The Bertz CT molecular complexity index is 804. The molecule has 3 rings (SSSR count). The van der Waals surface area contributed by atoms with Crippen LogP contribution >= 0.6 is 11.6 Å². The molecule has 0 aliphatic carbocycles. The minimum Gasteiger partial charge on any atom is -0.497 e. The van der Waals surface area contributed by atoms with E-state index in [4.69, 9.17) is 21.1 Å². The predicted molar refractivity (Wildman–Crippen MR) is 111 cm³/mol. The van der Waals surface area contributed by atoms with E-state index in [1.54, 1.807) is 14.2 Å². The molecule has 5 nitrogen and oxygen atoms in total. The Hall–Kier alpha value is -2.24. The van der Waals surface area contributed by atoms with Gasteiger partial charge in [-0.3, -0.25) is 9.69 Å². The minimum atomic E-state index is 0.0472. The molecule has 0 atom stereocenters. The Balaban J connectivity index is 1.50. The highest BCUT2D eigenvalue weighted by Crippen LogP contribution is 2.27. The fourth-order valence-electron chi connectivity index (χ4n) is 3.57. The van der Waals surface area contributed by atoms with Crippen molar-refractivity contribution in [3.63, 3.8) is 0 Å². The Kier molecular flexibility index (Phi) is 7.18. The van der Waals surface area contributed by atoms with Crippen LogP contribution in [-0.2, 0) is 17.9 Å². The molecular weight excluding hydrogens is 376 g/mol. The van der Waals surface area contributed by atoms with Gasteiger partial charge in [0.15, 0.2) is 0 Å². The second-order valence-corrected chi connectivity index (χ2v) is 7.44. The third-order valence-electron chi connectivity index (χ3n) is 5.25. The van der Waals surface area contributed by atoms with Crippen molar-refractivity contribution < 1.29 is 14.3 Å². The van der Waals surface area contributed by atoms with E-state index in [2.05, 4.69) is 10.2 Å². The fraction of sp³-hybridized carbons (Fsp3) is 0.409. The molecule has 1 fully saturated rings. The summed E-state index contributed by atoms with van der Waals surface area (Å²) in [5.74, 6) is 1.84. The van der Waals surface area contributed by atoms with E-state index in [1.165, 1.54) is 0 Å². The highest BCUT2D eigenvalue weighted by Gasteiger charge is 2.25. The van der Waals surface area contributed by atoms with Crippen LogP contribution in [-0.4, -0.2) is 38.1 Å². The van der Waals surface area contributed by atoms with Crippen molar-refractivity contribution in [3.8, 4) is 11.5 Å². The van der Waals surface area contributed by atoms with E-state index < -0.39 is 0 Å². The molecule has 1 amide bonds. The van der Waals surface area contributed by atoms with Crippen molar-refractivity contribution in [1.82, 2.24) is 10.2 Å². The number of carbonyl (C=O) groups is 1. The lowest BCUT2D eigenvalue weighted by Gasteiger charge is -2.31. The first-order valence-corrected chi connectivity index (χ1v) is 9.93. The third-order valence-corrected chi connectivity index (χ3v) is 5.62. The number of likely N-dealkylation sites (tertiary alicyclic amines) is 1. The number of methoxy groups -OCH3 is 2. The maximum atomic E-state index is 12.5. The van der Waals surface area contributed by atoms with Crippen LogP contribution in [0.2, 0.25) is 5.02 Å². The quantitative estimate of drug-likeness (QED) is 0.763. The van der Waals surface area contributed by atoms with Gasteiger partial charge >= 0.3 is 0 Å². The number of hydrogen-bond acceptors (Lipinski definition) is 4. The van der Waals surface area contributed by atoms with Crippen molar-refractivity contribution in [2.24, 2.45) is 5.92 Å². The monoisotopic (exact) mass is 402 g/mol. The number of piperidine rings is 1. The average Bonchev–Trinajstić information content (AvgIpc) is 2.73. The molecule has 6 heteroatoms. The van der Waals surface area contributed by atoms with Crippen molar-refractivity contribution in [2.75, 3.05) is 27.3 Å². The topological polar surface area (TPSA) is 50.8 Å². The smallest absolute Gasteiger partial charge is 0.223 e. The summed E-state index contributed by atoms with van der Waals surface area (Å²) < 4.78 is 10.8. The average molecular weight is 403 g/mol. The Morgan fingerprint density at radius 3 is 2.54 bits per heavy atom. The molecule has 1 aliphatic heterocycles. The van der Waals surface area contributed by atoms with Crippen LogP contribution in [0.4, 0.5) is 0 Å². The second kappa shape index (κ2) is 9.80. The number of carbonyl (C=O) groups excluding carboxylic acids is 1. The van der Waals surface area contributed by atoms with E-state index in [0.29, 0.717) is 11.6 Å². The number of halogens is 1. The van der Waals surface area contributed by atoms with E-state index in [9.17, 15) is 4.79 Å². The van der Waals surface area contributed by atoms with Crippen molar-refractivity contribution in [3.05, 3.63) is 58.6 Å². The molecule has 1 aliphatic rings. The number of amides is 1. The number of rotatable bonds is 7. The standard InChI is InChI=1S/C22H27ClN2O3/c1-27-19-7-8-21(28-2)18(13-19)15-25-11-9-16(10-12-25)22(26)24-14-17-5-3-4-6-20(17)23/h3-8,13,16H,9-12,14-15H2,1-2H3,(H,24,26). The highest BCUT2D eigenvalue weighted by atomic mass is 35.5. The Morgan fingerprint density at radius 1 is 1.11 bits per heavy atom. The van der Waals surface area contributed by atoms with Gasteiger partial charge in [0.2, 0.25) is 5.91 Å². The summed E-state index contributed by atoms with van der Waals surface area (Å²) in [5, 5.41) is 3.71. The molecule has 0 saturated carbocycles. The van der Waals surface area contributed by atoms with E-state index in [-0.39, 0.29) is 11.8 Å². The van der Waals surface area contributed by atoms with Gasteiger partial charge in [-0.15, -0.1) is 0 Å². The maximum absolute atomic E-state index is 12.5. The van der Waals surface area contributed by atoms with E-state index in [1.807, 2.05) is 42.5 Å².